The maximum Gasteiger partial charge on any atom is 0.508 e. The molecular formula is C15H22O10. The molecule has 0 saturated heterocycles. The Kier molecular flexibility index (Phi) is 12.1. The molecule has 0 radical (unpaired) electrons. The first-order chi connectivity index (χ1) is 11.9. The molecule has 0 aliphatic heterocycles. The van der Waals surface area contributed by atoms with Crippen molar-refractivity contribution in [2.24, 2.45) is 0 Å². The van der Waals surface area contributed by atoms with Gasteiger partial charge in [0.1, 0.15) is 26.4 Å². The van der Waals surface area contributed by atoms with Crippen molar-refractivity contribution >= 4 is 24.2 Å². The van der Waals surface area contributed by atoms with Crippen molar-refractivity contribution in [1.29, 1.82) is 0 Å². The Morgan fingerprint density at radius 3 is 1.60 bits per heavy atom. The van der Waals surface area contributed by atoms with Crippen molar-refractivity contribution in [2.75, 3.05) is 39.6 Å². The van der Waals surface area contributed by atoms with E-state index < -0.39 is 24.2 Å². The molecule has 0 N–H and O–H groups in total. The van der Waals surface area contributed by atoms with Gasteiger partial charge in [-0.1, -0.05) is 0 Å². The number of esters is 2. The number of ether oxygens (including phenoxy) is 6. The first-order valence-corrected chi connectivity index (χ1v) is 7.51. The van der Waals surface area contributed by atoms with E-state index in [4.69, 9.17) is 9.47 Å². The van der Waals surface area contributed by atoms with Crippen LogP contribution in [0.25, 0.3) is 0 Å². The Hall–Kier alpha value is -2.78. The third kappa shape index (κ3) is 12.3. The molecule has 0 rings (SSSR count). The molecule has 0 aromatic rings. The average molecular weight is 362 g/mol. The molecule has 0 amide bonds. The van der Waals surface area contributed by atoms with Crippen molar-refractivity contribution in [3.05, 3.63) is 11.6 Å². The van der Waals surface area contributed by atoms with Crippen LogP contribution >= 0.6 is 0 Å². The maximum absolute atomic E-state index is 11.6. The molecule has 0 unspecified atom stereocenters. The fourth-order valence-corrected chi connectivity index (χ4v) is 1.24. The van der Waals surface area contributed by atoms with Gasteiger partial charge >= 0.3 is 24.2 Å². The van der Waals surface area contributed by atoms with Gasteiger partial charge in [-0.25, -0.2) is 19.2 Å². The van der Waals surface area contributed by atoms with Gasteiger partial charge in [-0.3, -0.25) is 0 Å². The molecule has 142 valence electrons. The van der Waals surface area contributed by atoms with Crippen molar-refractivity contribution in [3.63, 3.8) is 0 Å². The minimum Gasteiger partial charge on any atom is -0.459 e. The van der Waals surface area contributed by atoms with Crippen LogP contribution in [-0.4, -0.2) is 63.9 Å². The van der Waals surface area contributed by atoms with E-state index in [0.29, 0.717) is 0 Å². The van der Waals surface area contributed by atoms with Crippen molar-refractivity contribution in [3.8, 4) is 0 Å². The van der Waals surface area contributed by atoms with E-state index >= 15 is 0 Å². The highest BCUT2D eigenvalue weighted by Gasteiger charge is 2.10. The summed E-state index contributed by atoms with van der Waals surface area (Å²) < 4.78 is 27.7. The molecule has 0 bridgehead atoms. The lowest BCUT2D eigenvalue weighted by Gasteiger charge is -2.07. The van der Waals surface area contributed by atoms with E-state index in [2.05, 4.69) is 18.9 Å². The summed E-state index contributed by atoms with van der Waals surface area (Å²) in [6.07, 6.45) is -0.794. The molecule has 0 aliphatic carbocycles. The molecule has 0 heterocycles. The van der Waals surface area contributed by atoms with Crippen molar-refractivity contribution in [2.45, 2.75) is 20.8 Å². The van der Waals surface area contributed by atoms with E-state index in [1.807, 2.05) is 0 Å². The minimum absolute atomic E-state index is 0.00699. The van der Waals surface area contributed by atoms with Crippen molar-refractivity contribution < 1.29 is 47.6 Å². The summed E-state index contributed by atoms with van der Waals surface area (Å²) in [6, 6.07) is 0. The zero-order valence-electron chi connectivity index (χ0n) is 14.4. The van der Waals surface area contributed by atoms with Crippen LogP contribution in [-0.2, 0) is 38.0 Å². The predicted octanol–water partition coefficient (Wildman–Crippen LogP) is 1.37. The Labute approximate surface area is 144 Å². The fourth-order valence-electron chi connectivity index (χ4n) is 1.24. The van der Waals surface area contributed by atoms with Gasteiger partial charge in [-0.2, -0.15) is 0 Å². The second kappa shape index (κ2) is 13.6. The summed E-state index contributed by atoms with van der Waals surface area (Å²) in [5.74, 6) is -1.57. The highest BCUT2D eigenvalue weighted by Crippen LogP contribution is 1.98. The lowest BCUT2D eigenvalue weighted by atomic mass is 10.3. The predicted molar refractivity (Wildman–Crippen MR) is 81.6 cm³/mol. The summed E-state index contributed by atoms with van der Waals surface area (Å²) >= 11 is 0. The Balaban J connectivity index is 3.95. The van der Waals surface area contributed by atoms with Crippen molar-refractivity contribution in [1.82, 2.24) is 0 Å². The fraction of sp³-hybridized carbons (Fsp3) is 0.600. The molecule has 10 heteroatoms. The SMILES string of the molecule is CCOC(=O)OCCOC(=O)/C=C(\C)C(=O)OCCOC(=O)OCC. The van der Waals surface area contributed by atoms with Gasteiger partial charge in [0.15, 0.2) is 0 Å². The number of hydrogen-bond donors (Lipinski definition) is 0. The number of carbonyl (C=O) groups excluding carboxylic acids is 4. The largest absolute Gasteiger partial charge is 0.508 e. The first-order valence-electron chi connectivity index (χ1n) is 7.51. The molecule has 0 aromatic heterocycles. The van der Waals surface area contributed by atoms with Crippen LogP contribution in [0.2, 0.25) is 0 Å². The summed E-state index contributed by atoms with van der Waals surface area (Å²) in [5, 5.41) is 0. The van der Waals surface area contributed by atoms with E-state index in [0.717, 1.165) is 6.08 Å². The smallest absolute Gasteiger partial charge is 0.459 e. The van der Waals surface area contributed by atoms with E-state index in [9.17, 15) is 19.2 Å². The summed E-state index contributed by atoms with van der Waals surface area (Å²) in [4.78, 5) is 44.8. The van der Waals surface area contributed by atoms with E-state index in [1.165, 1.54) is 6.92 Å². The summed E-state index contributed by atoms with van der Waals surface area (Å²) in [5.41, 5.74) is -0.00699. The minimum atomic E-state index is -0.862. The van der Waals surface area contributed by atoms with Crippen LogP contribution in [0.15, 0.2) is 11.6 Å². The number of carbonyl (C=O) groups is 4. The quantitative estimate of drug-likeness (QED) is 0.243. The van der Waals surface area contributed by atoms with Crippen LogP contribution in [0.5, 0.6) is 0 Å². The normalized spacial score (nSPS) is 10.4. The van der Waals surface area contributed by atoms with Crippen LogP contribution in [0.3, 0.4) is 0 Å². The van der Waals surface area contributed by atoms with Crippen LogP contribution < -0.4 is 0 Å². The molecule has 0 aromatic carbocycles. The molecule has 0 spiro atoms. The second-order valence-corrected chi connectivity index (χ2v) is 4.19. The Morgan fingerprint density at radius 2 is 1.12 bits per heavy atom. The maximum atomic E-state index is 11.6. The van der Waals surface area contributed by atoms with Gasteiger partial charge in [0, 0.05) is 11.6 Å². The summed E-state index contributed by atoms with van der Waals surface area (Å²) in [6.45, 7) is 4.22. The topological polar surface area (TPSA) is 124 Å². The van der Waals surface area contributed by atoms with Gasteiger partial charge in [0.25, 0.3) is 0 Å². The standard InChI is InChI=1S/C15H22O10/c1-4-20-14(18)24-8-6-22-12(16)10-11(3)13(17)23-7-9-25-15(19)21-5-2/h10H,4-9H2,1-3H3/b11-10+. The average Bonchev–Trinajstić information content (AvgIpc) is 2.56. The van der Waals surface area contributed by atoms with E-state index in [-0.39, 0.29) is 45.2 Å². The van der Waals surface area contributed by atoms with Gasteiger partial charge < -0.3 is 28.4 Å². The molecule has 0 aliphatic rings. The van der Waals surface area contributed by atoms with Gasteiger partial charge in [-0.15, -0.1) is 0 Å². The molecular weight excluding hydrogens is 340 g/mol. The zero-order valence-corrected chi connectivity index (χ0v) is 14.4. The van der Waals surface area contributed by atoms with Crippen LogP contribution in [0.1, 0.15) is 20.8 Å². The lowest BCUT2D eigenvalue weighted by molar-refractivity contribution is -0.142. The lowest BCUT2D eigenvalue weighted by Crippen LogP contribution is -2.16. The summed E-state index contributed by atoms with van der Waals surface area (Å²) in [7, 11) is 0. The molecule has 10 nitrogen and oxygen atoms in total. The first kappa shape index (κ1) is 22.2. The Bertz CT molecular complexity index is 483. The van der Waals surface area contributed by atoms with Gasteiger partial charge in [0.2, 0.25) is 0 Å². The highest BCUT2D eigenvalue weighted by molar-refractivity contribution is 5.95. The van der Waals surface area contributed by atoms with Gasteiger partial charge in [0.05, 0.1) is 13.2 Å². The zero-order chi connectivity index (χ0) is 19.1. The molecule has 0 atom stereocenters. The third-order valence-electron chi connectivity index (χ3n) is 2.26. The number of rotatable bonds is 10. The van der Waals surface area contributed by atoms with E-state index in [1.54, 1.807) is 13.8 Å². The van der Waals surface area contributed by atoms with Gasteiger partial charge in [-0.05, 0) is 20.8 Å². The molecule has 25 heavy (non-hydrogen) atoms. The van der Waals surface area contributed by atoms with Crippen LogP contribution in [0.4, 0.5) is 9.59 Å². The highest BCUT2D eigenvalue weighted by atomic mass is 16.7. The second-order valence-electron chi connectivity index (χ2n) is 4.19. The Morgan fingerprint density at radius 1 is 0.680 bits per heavy atom. The van der Waals surface area contributed by atoms with Crippen LogP contribution in [0, 0.1) is 0 Å². The molecule has 0 saturated carbocycles. The third-order valence-corrected chi connectivity index (χ3v) is 2.26. The number of hydrogen-bond acceptors (Lipinski definition) is 10. The molecule has 0 fully saturated rings. The monoisotopic (exact) mass is 362 g/mol.